The van der Waals surface area contributed by atoms with Crippen molar-refractivity contribution in [3.63, 3.8) is 0 Å². The molecule has 22 heavy (non-hydrogen) atoms. The van der Waals surface area contributed by atoms with Gasteiger partial charge in [0.05, 0.1) is 0 Å². The van der Waals surface area contributed by atoms with Crippen molar-refractivity contribution in [1.82, 2.24) is 19.7 Å². The number of pyridine rings is 1. The first-order valence-electron chi connectivity index (χ1n) is 6.36. The number of anilines is 2. The van der Waals surface area contributed by atoms with Crippen molar-refractivity contribution >= 4 is 33.1 Å². The molecule has 0 spiro atoms. The summed E-state index contributed by atoms with van der Waals surface area (Å²) in [6.45, 7) is 0.517. The van der Waals surface area contributed by atoms with Gasteiger partial charge in [-0.2, -0.15) is 0 Å². The van der Waals surface area contributed by atoms with Gasteiger partial charge < -0.3 is 10.6 Å². The quantitative estimate of drug-likeness (QED) is 0.508. The summed E-state index contributed by atoms with van der Waals surface area (Å²) in [5.41, 5.74) is 0.555. The smallest absolute Gasteiger partial charge is 0.242 e. The Morgan fingerprint density at radius 3 is 2.77 bits per heavy atom. The lowest BCUT2D eigenvalue weighted by molar-refractivity contribution is 0.582. The predicted molar refractivity (Wildman–Crippen MR) is 84.5 cm³/mol. The van der Waals surface area contributed by atoms with E-state index in [-0.39, 0.29) is 16.6 Å². The van der Waals surface area contributed by atoms with Gasteiger partial charge in [0.1, 0.15) is 16.9 Å². The highest BCUT2D eigenvalue weighted by Gasteiger charge is 2.13. The molecule has 0 amide bonds. The van der Waals surface area contributed by atoms with E-state index in [1.165, 1.54) is 24.8 Å². The van der Waals surface area contributed by atoms with E-state index in [9.17, 15) is 8.42 Å². The minimum absolute atomic E-state index is 0.121. The molecule has 118 valence electrons. The van der Waals surface area contributed by atoms with Crippen LogP contribution in [-0.2, 0) is 10.0 Å². The number of hydrogen-bond donors (Lipinski definition) is 3. The number of nitrogens with zero attached hydrogens (tertiary/aromatic N) is 3. The molecule has 0 saturated heterocycles. The highest BCUT2D eigenvalue weighted by molar-refractivity contribution is 7.89. The van der Waals surface area contributed by atoms with Gasteiger partial charge in [-0.15, -0.1) is 0 Å². The SMILES string of the molecule is CNc1c(Cl)ncnc1NCCNS(=O)(=O)c1cccnc1. The van der Waals surface area contributed by atoms with Crippen molar-refractivity contribution in [1.29, 1.82) is 0 Å². The van der Waals surface area contributed by atoms with Crippen LogP contribution in [0.3, 0.4) is 0 Å². The molecule has 2 aromatic heterocycles. The van der Waals surface area contributed by atoms with Crippen molar-refractivity contribution < 1.29 is 8.42 Å². The lowest BCUT2D eigenvalue weighted by Gasteiger charge is -2.11. The average molecular weight is 343 g/mol. The molecule has 0 radical (unpaired) electrons. The fraction of sp³-hybridized carbons (Fsp3) is 0.250. The fourth-order valence-electron chi connectivity index (χ4n) is 1.68. The van der Waals surface area contributed by atoms with Gasteiger partial charge in [-0.25, -0.2) is 23.1 Å². The molecule has 0 aliphatic rings. The number of sulfonamides is 1. The van der Waals surface area contributed by atoms with Gasteiger partial charge in [0.25, 0.3) is 0 Å². The van der Waals surface area contributed by atoms with E-state index in [1.807, 2.05) is 0 Å². The third kappa shape index (κ3) is 4.03. The van der Waals surface area contributed by atoms with Crippen LogP contribution < -0.4 is 15.4 Å². The van der Waals surface area contributed by atoms with E-state index < -0.39 is 10.0 Å². The number of aromatic nitrogens is 3. The van der Waals surface area contributed by atoms with E-state index in [2.05, 4.69) is 30.3 Å². The van der Waals surface area contributed by atoms with Crippen LogP contribution in [-0.4, -0.2) is 43.5 Å². The molecule has 0 atom stereocenters. The molecule has 0 aliphatic heterocycles. The minimum Gasteiger partial charge on any atom is -0.383 e. The summed E-state index contributed by atoms with van der Waals surface area (Å²) in [4.78, 5) is 11.8. The van der Waals surface area contributed by atoms with Crippen molar-refractivity contribution in [3.8, 4) is 0 Å². The Kier molecular flexibility index (Phi) is 5.47. The van der Waals surface area contributed by atoms with E-state index in [4.69, 9.17) is 11.6 Å². The molecule has 8 nitrogen and oxygen atoms in total. The summed E-state index contributed by atoms with van der Waals surface area (Å²) in [5, 5.41) is 6.16. The van der Waals surface area contributed by atoms with Gasteiger partial charge in [-0.1, -0.05) is 11.6 Å². The predicted octanol–water partition coefficient (Wildman–Crippen LogP) is 0.957. The van der Waals surface area contributed by atoms with Gasteiger partial charge in [-0.05, 0) is 12.1 Å². The molecule has 2 rings (SSSR count). The van der Waals surface area contributed by atoms with Gasteiger partial charge in [0, 0.05) is 32.5 Å². The van der Waals surface area contributed by atoms with E-state index >= 15 is 0 Å². The molecule has 3 N–H and O–H groups in total. The average Bonchev–Trinajstić information content (AvgIpc) is 2.52. The topological polar surface area (TPSA) is 109 Å². The molecule has 0 saturated carbocycles. The Hall–Kier alpha value is -1.97. The number of rotatable bonds is 7. The molecule has 0 fully saturated rings. The summed E-state index contributed by atoms with van der Waals surface area (Å²) in [6.07, 6.45) is 4.13. The Bertz CT molecular complexity index is 726. The highest BCUT2D eigenvalue weighted by Crippen LogP contribution is 2.24. The highest BCUT2D eigenvalue weighted by atomic mass is 35.5. The summed E-state index contributed by atoms with van der Waals surface area (Å²) in [6, 6.07) is 3.04. The van der Waals surface area contributed by atoms with E-state index in [0.717, 1.165) is 0 Å². The molecule has 2 heterocycles. The number of hydrogen-bond acceptors (Lipinski definition) is 7. The molecular weight excluding hydrogens is 328 g/mol. The lowest BCUT2D eigenvalue weighted by Crippen LogP contribution is -2.29. The monoisotopic (exact) mass is 342 g/mol. The Labute approximate surface area is 133 Å². The first-order chi connectivity index (χ1) is 10.5. The zero-order valence-corrected chi connectivity index (χ0v) is 13.3. The molecule has 0 bridgehead atoms. The Morgan fingerprint density at radius 1 is 1.27 bits per heavy atom. The fourth-order valence-corrected chi connectivity index (χ4v) is 2.90. The standard InChI is InChI=1S/C12H15ClN6O2S/c1-14-10-11(13)17-8-18-12(10)16-5-6-19-22(20,21)9-3-2-4-15-7-9/h2-4,7-8,14,19H,5-6H2,1H3,(H,16,17,18). The minimum atomic E-state index is -3.57. The zero-order chi connectivity index (χ0) is 16.0. The van der Waals surface area contributed by atoms with Crippen LogP contribution in [0.25, 0.3) is 0 Å². The molecular formula is C12H15ClN6O2S. The zero-order valence-electron chi connectivity index (χ0n) is 11.7. The Morgan fingerprint density at radius 2 is 2.09 bits per heavy atom. The maximum Gasteiger partial charge on any atom is 0.242 e. The molecule has 0 aliphatic carbocycles. The molecule has 0 aromatic carbocycles. The summed E-state index contributed by atoms with van der Waals surface area (Å²) in [5.74, 6) is 0.503. The molecule has 0 unspecified atom stereocenters. The van der Waals surface area contributed by atoms with Gasteiger partial charge in [0.2, 0.25) is 10.0 Å². The number of nitrogens with one attached hydrogen (secondary N) is 3. The second-order valence-electron chi connectivity index (χ2n) is 4.15. The van der Waals surface area contributed by atoms with Crippen LogP contribution in [0.1, 0.15) is 0 Å². The maximum atomic E-state index is 12.0. The molecule has 10 heteroatoms. The van der Waals surface area contributed by atoms with Crippen LogP contribution in [0.2, 0.25) is 5.15 Å². The lowest BCUT2D eigenvalue weighted by atomic mass is 10.4. The van der Waals surface area contributed by atoms with Crippen LogP contribution in [0, 0.1) is 0 Å². The van der Waals surface area contributed by atoms with Crippen molar-refractivity contribution in [2.75, 3.05) is 30.8 Å². The largest absolute Gasteiger partial charge is 0.383 e. The van der Waals surface area contributed by atoms with Crippen LogP contribution in [0.5, 0.6) is 0 Å². The normalized spacial score (nSPS) is 11.2. The van der Waals surface area contributed by atoms with Crippen LogP contribution in [0.15, 0.2) is 35.7 Å². The molecule has 2 aromatic rings. The first-order valence-corrected chi connectivity index (χ1v) is 8.22. The van der Waals surface area contributed by atoms with Gasteiger partial charge in [0.15, 0.2) is 11.0 Å². The third-order valence-corrected chi connectivity index (χ3v) is 4.44. The van der Waals surface area contributed by atoms with E-state index in [1.54, 1.807) is 13.1 Å². The second kappa shape index (κ2) is 7.34. The van der Waals surface area contributed by atoms with Crippen molar-refractivity contribution in [2.45, 2.75) is 4.90 Å². The van der Waals surface area contributed by atoms with Crippen molar-refractivity contribution in [2.24, 2.45) is 0 Å². The number of halogens is 1. The summed E-state index contributed by atoms with van der Waals surface area (Å²) < 4.78 is 26.4. The Balaban J connectivity index is 1.92. The van der Waals surface area contributed by atoms with E-state index in [0.29, 0.717) is 18.1 Å². The van der Waals surface area contributed by atoms with Gasteiger partial charge in [-0.3, -0.25) is 4.98 Å². The van der Waals surface area contributed by atoms with Crippen molar-refractivity contribution in [3.05, 3.63) is 36.0 Å². The summed E-state index contributed by atoms with van der Waals surface area (Å²) in [7, 11) is -1.87. The van der Waals surface area contributed by atoms with Crippen LogP contribution >= 0.6 is 11.6 Å². The second-order valence-corrected chi connectivity index (χ2v) is 6.28. The first kappa shape index (κ1) is 16.4. The maximum absolute atomic E-state index is 12.0. The van der Waals surface area contributed by atoms with Crippen LogP contribution in [0.4, 0.5) is 11.5 Å². The summed E-state index contributed by atoms with van der Waals surface area (Å²) >= 11 is 5.92. The van der Waals surface area contributed by atoms with Gasteiger partial charge >= 0.3 is 0 Å². The third-order valence-electron chi connectivity index (χ3n) is 2.71.